The Kier molecular flexibility index (Phi) is 6.95. The van der Waals surface area contributed by atoms with Crippen molar-refractivity contribution >= 4 is 38.9 Å². The molecule has 0 fully saturated rings. The first-order valence-corrected chi connectivity index (χ1v) is 9.85. The highest BCUT2D eigenvalue weighted by Crippen LogP contribution is 2.37. The Bertz CT molecular complexity index is 1010. The molecule has 29 heavy (non-hydrogen) atoms. The third-order valence-electron chi connectivity index (χ3n) is 4.14. The third-order valence-corrected chi connectivity index (χ3v) is 4.98. The van der Waals surface area contributed by atoms with E-state index in [0.717, 1.165) is 15.6 Å². The van der Waals surface area contributed by atoms with Gasteiger partial charge in [0.15, 0.2) is 11.5 Å². The van der Waals surface area contributed by atoms with E-state index in [-0.39, 0.29) is 5.69 Å². The van der Waals surface area contributed by atoms with Crippen LogP contribution in [0.1, 0.15) is 11.1 Å². The number of ether oxygens (including phenoxy) is 2. The van der Waals surface area contributed by atoms with E-state index >= 15 is 0 Å². The van der Waals surface area contributed by atoms with E-state index in [1.807, 2.05) is 36.4 Å². The standard InChI is InChI=1S/C21H18BrClN2O4/c1-28-20-10-15(12-24-17-3-2-4-18(11-17)25(26)27)9-19(22)21(20)29-13-14-5-7-16(23)8-6-14/h2-11,24H,12-13H2,1H3. The zero-order valence-corrected chi connectivity index (χ0v) is 17.9. The molecule has 0 radical (unpaired) electrons. The van der Waals surface area contributed by atoms with Crippen molar-refractivity contribution in [3.8, 4) is 11.5 Å². The summed E-state index contributed by atoms with van der Waals surface area (Å²) in [6.45, 7) is 0.838. The third kappa shape index (κ3) is 5.62. The fourth-order valence-corrected chi connectivity index (χ4v) is 3.41. The molecule has 0 aliphatic carbocycles. The van der Waals surface area contributed by atoms with Crippen molar-refractivity contribution in [2.45, 2.75) is 13.2 Å². The van der Waals surface area contributed by atoms with Crippen molar-refractivity contribution in [3.63, 3.8) is 0 Å². The number of non-ortho nitro benzene ring substituents is 1. The summed E-state index contributed by atoms with van der Waals surface area (Å²) in [5.74, 6) is 1.19. The van der Waals surface area contributed by atoms with Gasteiger partial charge in [0.05, 0.1) is 16.5 Å². The normalized spacial score (nSPS) is 10.4. The molecule has 0 amide bonds. The largest absolute Gasteiger partial charge is 0.493 e. The molecular weight excluding hydrogens is 460 g/mol. The van der Waals surface area contributed by atoms with Gasteiger partial charge in [-0.2, -0.15) is 0 Å². The summed E-state index contributed by atoms with van der Waals surface area (Å²) in [4.78, 5) is 10.5. The summed E-state index contributed by atoms with van der Waals surface area (Å²) in [6, 6.07) is 17.6. The van der Waals surface area contributed by atoms with E-state index in [9.17, 15) is 10.1 Å². The van der Waals surface area contributed by atoms with E-state index in [2.05, 4.69) is 21.2 Å². The number of hydrogen-bond donors (Lipinski definition) is 1. The highest BCUT2D eigenvalue weighted by Gasteiger charge is 2.13. The van der Waals surface area contributed by atoms with E-state index in [0.29, 0.717) is 35.4 Å². The van der Waals surface area contributed by atoms with Gasteiger partial charge in [0, 0.05) is 29.4 Å². The summed E-state index contributed by atoms with van der Waals surface area (Å²) in [6.07, 6.45) is 0. The quantitative estimate of drug-likeness (QED) is 0.308. The van der Waals surface area contributed by atoms with E-state index in [1.165, 1.54) is 12.1 Å². The van der Waals surface area contributed by atoms with Crippen LogP contribution in [0, 0.1) is 10.1 Å². The Balaban J connectivity index is 1.71. The number of hydrogen-bond acceptors (Lipinski definition) is 5. The number of anilines is 1. The number of benzene rings is 3. The first-order chi connectivity index (χ1) is 14.0. The molecule has 0 spiro atoms. The van der Waals surface area contributed by atoms with Crippen LogP contribution in [0.25, 0.3) is 0 Å². The Hall–Kier alpha value is -2.77. The smallest absolute Gasteiger partial charge is 0.271 e. The molecule has 0 aliphatic heterocycles. The maximum atomic E-state index is 10.9. The monoisotopic (exact) mass is 476 g/mol. The van der Waals surface area contributed by atoms with Crippen LogP contribution in [0.3, 0.4) is 0 Å². The van der Waals surface area contributed by atoms with Gasteiger partial charge in [0.1, 0.15) is 6.61 Å². The summed E-state index contributed by atoms with van der Waals surface area (Å²) in [7, 11) is 1.58. The minimum absolute atomic E-state index is 0.0414. The van der Waals surface area contributed by atoms with Crippen molar-refractivity contribution in [2.24, 2.45) is 0 Å². The average Bonchev–Trinajstić information content (AvgIpc) is 2.72. The predicted octanol–water partition coefficient (Wildman–Crippen LogP) is 6.21. The maximum Gasteiger partial charge on any atom is 0.271 e. The van der Waals surface area contributed by atoms with Crippen LogP contribution in [-0.2, 0) is 13.2 Å². The molecule has 0 aliphatic rings. The maximum absolute atomic E-state index is 10.9. The minimum atomic E-state index is -0.419. The molecule has 0 unspecified atom stereocenters. The van der Waals surface area contributed by atoms with Crippen LogP contribution in [0.15, 0.2) is 65.1 Å². The summed E-state index contributed by atoms with van der Waals surface area (Å²) < 4.78 is 12.2. The lowest BCUT2D eigenvalue weighted by atomic mass is 10.2. The average molecular weight is 478 g/mol. The Morgan fingerprint density at radius 2 is 1.86 bits per heavy atom. The lowest BCUT2D eigenvalue weighted by Crippen LogP contribution is -2.03. The van der Waals surface area contributed by atoms with Gasteiger partial charge in [-0.3, -0.25) is 10.1 Å². The molecule has 8 heteroatoms. The molecule has 0 aromatic heterocycles. The minimum Gasteiger partial charge on any atom is -0.493 e. The van der Waals surface area contributed by atoms with Crippen molar-refractivity contribution in [2.75, 3.05) is 12.4 Å². The highest BCUT2D eigenvalue weighted by molar-refractivity contribution is 9.10. The van der Waals surface area contributed by atoms with Crippen LogP contribution < -0.4 is 14.8 Å². The number of nitrogens with one attached hydrogen (secondary N) is 1. The summed E-state index contributed by atoms with van der Waals surface area (Å²) in [5.41, 5.74) is 2.62. The number of nitro groups is 1. The lowest BCUT2D eigenvalue weighted by Gasteiger charge is -2.15. The second-order valence-electron chi connectivity index (χ2n) is 6.19. The highest BCUT2D eigenvalue weighted by atomic mass is 79.9. The summed E-state index contributed by atoms with van der Waals surface area (Å²) >= 11 is 9.45. The number of nitro benzene ring substituents is 1. The Labute approximate surface area is 181 Å². The van der Waals surface area contributed by atoms with Crippen molar-refractivity contribution in [3.05, 3.63) is 91.4 Å². The fourth-order valence-electron chi connectivity index (χ4n) is 2.69. The molecule has 0 heterocycles. The molecule has 0 atom stereocenters. The number of rotatable bonds is 8. The van der Waals surface area contributed by atoms with Crippen LogP contribution >= 0.6 is 27.5 Å². The van der Waals surface area contributed by atoms with E-state index in [4.69, 9.17) is 21.1 Å². The SMILES string of the molecule is COc1cc(CNc2cccc([N+](=O)[O-])c2)cc(Br)c1OCc1ccc(Cl)cc1. The van der Waals surface area contributed by atoms with Crippen molar-refractivity contribution < 1.29 is 14.4 Å². The van der Waals surface area contributed by atoms with Crippen molar-refractivity contribution in [1.82, 2.24) is 0 Å². The number of methoxy groups -OCH3 is 1. The van der Waals surface area contributed by atoms with Crippen LogP contribution in [-0.4, -0.2) is 12.0 Å². The molecule has 3 rings (SSSR count). The molecule has 150 valence electrons. The molecule has 3 aromatic carbocycles. The zero-order valence-electron chi connectivity index (χ0n) is 15.5. The number of nitrogens with zero attached hydrogens (tertiary/aromatic N) is 1. The van der Waals surface area contributed by atoms with Crippen LogP contribution in [0.4, 0.5) is 11.4 Å². The molecule has 3 aromatic rings. The molecule has 0 bridgehead atoms. The first kappa shape index (κ1) is 21.0. The van der Waals surface area contributed by atoms with Gasteiger partial charge in [-0.05, 0) is 57.4 Å². The van der Waals surface area contributed by atoms with E-state index < -0.39 is 4.92 Å². The van der Waals surface area contributed by atoms with Gasteiger partial charge < -0.3 is 14.8 Å². The Morgan fingerprint density at radius 3 is 2.55 bits per heavy atom. The zero-order chi connectivity index (χ0) is 20.8. The van der Waals surface area contributed by atoms with Gasteiger partial charge >= 0.3 is 0 Å². The fraction of sp³-hybridized carbons (Fsp3) is 0.143. The van der Waals surface area contributed by atoms with Gasteiger partial charge in [-0.25, -0.2) is 0 Å². The second kappa shape index (κ2) is 9.62. The second-order valence-corrected chi connectivity index (χ2v) is 7.48. The van der Waals surface area contributed by atoms with Gasteiger partial charge in [0.25, 0.3) is 5.69 Å². The first-order valence-electron chi connectivity index (χ1n) is 8.68. The predicted molar refractivity (Wildman–Crippen MR) is 117 cm³/mol. The van der Waals surface area contributed by atoms with Crippen LogP contribution in [0.2, 0.25) is 5.02 Å². The molecular formula is C21H18BrClN2O4. The van der Waals surface area contributed by atoms with E-state index in [1.54, 1.807) is 19.2 Å². The Morgan fingerprint density at radius 1 is 1.10 bits per heavy atom. The van der Waals surface area contributed by atoms with Gasteiger partial charge in [-0.1, -0.05) is 29.8 Å². The van der Waals surface area contributed by atoms with Crippen molar-refractivity contribution in [1.29, 1.82) is 0 Å². The molecule has 0 saturated carbocycles. The molecule has 1 N–H and O–H groups in total. The molecule has 0 saturated heterocycles. The topological polar surface area (TPSA) is 73.6 Å². The van der Waals surface area contributed by atoms with Crippen LogP contribution in [0.5, 0.6) is 11.5 Å². The van der Waals surface area contributed by atoms with Gasteiger partial charge in [-0.15, -0.1) is 0 Å². The van der Waals surface area contributed by atoms with Gasteiger partial charge in [0.2, 0.25) is 0 Å². The number of halogens is 2. The summed E-state index contributed by atoms with van der Waals surface area (Å²) in [5, 5.41) is 14.8. The molecule has 6 nitrogen and oxygen atoms in total. The lowest BCUT2D eigenvalue weighted by molar-refractivity contribution is -0.384.